The lowest BCUT2D eigenvalue weighted by atomic mass is 10.1. The number of hydrogen-bond donors (Lipinski definition) is 1. The van der Waals surface area contributed by atoms with Gasteiger partial charge < -0.3 is 9.67 Å². The van der Waals surface area contributed by atoms with Gasteiger partial charge in [-0.25, -0.2) is 0 Å². The molecule has 1 aromatic heterocycles. The molecule has 3 heteroatoms. The first-order chi connectivity index (χ1) is 7.18. The summed E-state index contributed by atoms with van der Waals surface area (Å²) in [6, 6.07) is 11.9. The minimum atomic E-state index is -0.0411. The van der Waals surface area contributed by atoms with E-state index < -0.39 is 0 Å². The van der Waals surface area contributed by atoms with Crippen LogP contribution in [0.2, 0.25) is 0 Å². The molecular weight excluding hydrogens is 190 g/mol. The van der Waals surface area contributed by atoms with E-state index >= 15 is 0 Å². The number of phenolic OH excluding ortho intramolecular Hbond substituents is 1. The fraction of sp³-hybridized carbons (Fsp3) is 0.0833. The maximum atomic E-state index is 11.4. The van der Waals surface area contributed by atoms with Gasteiger partial charge in [0.25, 0.3) is 5.56 Å². The van der Waals surface area contributed by atoms with Gasteiger partial charge in [0, 0.05) is 13.1 Å². The normalized spacial score (nSPS) is 10.2. The summed E-state index contributed by atoms with van der Waals surface area (Å²) in [6.07, 6.45) is 0. The zero-order valence-corrected chi connectivity index (χ0v) is 8.34. The van der Waals surface area contributed by atoms with Gasteiger partial charge in [0.15, 0.2) is 0 Å². The first-order valence-electron chi connectivity index (χ1n) is 4.64. The van der Waals surface area contributed by atoms with Gasteiger partial charge in [-0.15, -0.1) is 0 Å². The van der Waals surface area contributed by atoms with Crippen LogP contribution in [0, 0.1) is 0 Å². The van der Waals surface area contributed by atoms with Crippen molar-refractivity contribution in [2.45, 2.75) is 0 Å². The van der Waals surface area contributed by atoms with Crippen LogP contribution < -0.4 is 5.56 Å². The molecule has 0 saturated carbocycles. The summed E-state index contributed by atoms with van der Waals surface area (Å²) in [6.45, 7) is 0. The minimum absolute atomic E-state index is 0.0411. The number of aromatic nitrogens is 1. The van der Waals surface area contributed by atoms with Crippen LogP contribution in [0.5, 0.6) is 5.75 Å². The molecule has 15 heavy (non-hydrogen) atoms. The molecule has 76 valence electrons. The Morgan fingerprint density at radius 1 is 1.07 bits per heavy atom. The van der Waals surface area contributed by atoms with Crippen molar-refractivity contribution in [3.05, 3.63) is 52.8 Å². The molecule has 0 fully saturated rings. The van der Waals surface area contributed by atoms with Gasteiger partial charge in [0.2, 0.25) is 0 Å². The largest absolute Gasteiger partial charge is 0.508 e. The Morgan fingerprint density at radius 2 is 1.73 bits per heavy atom. The predicted octanol–water partition coefficient (Wildman–Crippen LogP) is 1.76. The second kappa shape index (κ2) is 3.61. The monoisotopic (exact) mass is 201 g/mol. The van der Waals surface area contributed by atoms with Gasteiger partial charge in [-0.1, -0.05) is 6.07 Å². The van der Waals surface area contributed by atoms with E-state index in [9.17, 15) is 4.79 Å². The van der Waals surface area contributed by atoms with E-state index in [1.54, 1.807) is 41.9 Å². The molecule has 1 aromatic carbocycles. The predicted molar refractivity (Wildman–Crippen MR) is 58.8 cm³/mol. The Balaban J connectivity index is 2.59. The summed E-state index contributed by atoms with van der Waals surface area (Å²) in [7, 11) is 1.73. The molecule has 0 aliphatic heterocycles. The molecule has 0 saturated heterocycles. The summed E-state index contributed by atoms with van der Waals surface area (Å²) in [5, 5.41) is 9.16. The van der Waals surface area contributed by atoms with Crippen LogP contribution in [0.15, 0.2) is 47.3 Å². The maximum absolute atomic E-state index is 11.4. The third-order valence-corrected chi connectivity index (χ3v) is 2.35. The molecule has 1 N–H and O–H groups in total. The zero-order chi connectivity index (χ0) is 10.8. The smallest absolute Gasteiger partial charge is 0.250 e. The van der Waals surface area contributed by atoms with Gasteiger partial charge in [0.05, 0.1) is 5.69 Å². The minimum Gasteiger partial charge on any atom is -0.508 e. The molecule has 0 aliphatic carbocycles. The molecule has 0 spiro atoms. The van der Waals surface area contributed by atoms with Gasteiger partial charge in [0.1, 0.15) is 5.75 Å². The summed E-state index contributed by atoms with van der Waals surface area (Å²) in [4.78, 5) is 11.4. The van der Waals surface area contributed by atoms with Crippen LogP contribution in [0.25, 0.3) is 11.3 Å². The second-order valence-electron chi connectivity index (χ2n) is 3.36. The fourth-order valence-corrected chi connectivity index (χ4v) is 1.49. The number of nitrogens with zero attached hydrogens (tertiary/aromatic N) is 1. The van der Waals surface area contributed by atoms with Gasteiger partial charge in [-0.3, -0.25) is 4.79 Å². The van der Waals surface area contributed by atoms with Gasteiger partial charge >= 0.3 is 0 Å². The highest BCUT2D eigenvalue weighted by Gasteiger charge is 2.01. The highest BCUT2D eigenvalue weighted by atomic mass is 16.3. The van der Waals surface area contributed by atoms with Crippen molar-refractivity contribution < 1.29 is 5.11 Å². The van der Waals surface area contributed by atoms with Crippen molar-refractivity contribution in [1.29, 1.82) is 0 Å². The van der Waals surface area contributed by atoms with E-state index in [1.165, 1.54) is 6.07 Å². The van der Waals surface area contributed by atoms with Gasteiger partial charge in [-0.05, 0) is 35.9 Å². The van der Waals surface area contributed by atoms with E-state index in [2.05, 4.69) is 0 Å². The van der Waals surface area contributed by atoms with Crippen molar-refractivity contribution in [3.63, 3.8) is 0 Å². The number of phenols is 1. The molecule has 0 atom stereocenters. The molecule has 0 radical (unpaired) electrons. The first kappa shape index (κ1) is 9.52. The SMILES string of the molecule is Cn1c(-c2ccc(O)cc2)cccc1=O. The Morgan fingerprint density at radius 3 is 2.40 bits per heavy atom. The zero-order valence-electron chi connectivity index (χ0n) is 8.34. The quantitative estimate of drug-likeness (QED) is 0.763. The molecule has 1 heterocycles. The molecular formula is C12H11NO2. The van der Waals surface area contributed by atoms with Crippen LogP contribution in [-0.2, 0) is 7.05 Å². The first-order valence-corrected chi connectivity index (χ1v) is 4.64. The molecule has 0 unspecified atom stereocenters. The lowest BCUT2D eigenvalue weighted by Gasteiger charge is -2.07. The summed E-state index contributed by atoms with van der Waals surface area (Å²) in [5.41, 5.74) is 1.70. The average molecular weight is 201 g/mol. The summed E-state index contributed by atoms with van der Waals surface area (Å²) < 4.78 is 1.58. The third kappa shape index (κ3) is 1.76. The fourth-order valence-electron chi connectivity index (χ4n) is 1.49. The Kier molecular flexibility index (Phi) is 2.29. The third-order valence-electron chi connectivity index (χ3n) is 2.35. The lowest BCUT2D eigenvalue weighted by molar-refractivity contribution is 0.475. The van der Waals surface area contributed by atoms with Crippen molar-refractivity contribution in [2.24, 2.45) is 7.05 Å². The molecule has 3 nitrogen and oxygen atoms in total. The Hall–Kier alpha value is -2.03. The van der Waals surface area contributed by atoms with E-state index in [0.717, 1.165) is 11.3 Å². The Bertz CT molecular complexity index is 526. The van der Waals surface area contributed by atoms with Crippen molar-refractivity contribution in [1.82, 2.24) is 4.57 Å². The van der Waals surface area contributed by atoms with Gasteiger partial charge in [-0.2, -0.15) is 0 Å². The highest BCUT2D eigenvalue weighted by Crippen LogP contribution is 2.19. The van der Waals surface area contributed by atoms with Crippen molar-refractivity contribution >= 4 is 0 Å². The van der Waals surface area contributed by atoms with Crippen LogP contribution in [0.4, 0.5) is 0 Å². The van der Waals surface area contributed by atoms with Crippen molar-refractivity contribution in [2.75, 3.05) is 0 Å². The number of rotatable bonds is 1. The standard InChI is InChI=1S/C12H11NO2/c1-13-11(3-2-4-12(13)15)9-5-7-10(14)8-6-9/h2-8,14H,1H3. The molecule has 2 rings (SSSR count). The highest BCUT2D eigenvalue weighted by molar-refractivity contribution is 5.60. The Labute approximate surface area is 87.2 Å². The number of aromatic hydroxyl groups is 1. The van der Waals surface area contributed by atoms with E-state index in [1.807, 2.05) is 6.07 Å². The molecule has 0 amide bonds. The molecule has 0 bridgehead atoms. The number of hydrogen-bond acceptors (Lipinski definition) is 2. The van der Waals surface area contributed by atoms with Crippen LogP contribution in [0.1, 0.15) is 0 Å². The summed E-state index contributed by atoms with van der Waals surface area (Å²) >= 11 is 0. The van der Waals surface area contributed by atoms with Crippen molar-refractivity contribution in [3.8, 4) is 17.0 Å². The number of pyridine rings is 1. The second-order valence-corrected chi connectivity index (χ2v) is 3.36. The van der Waals surface area contributed by atoms with E-state index in [-0.39, 0.29) is 11.3 Å². The summed E-state index contributed by atoms with van der Waals surface area (Å²) in [5.74, 6) is 0.222. The van der Waals surface area contributed by atoms with Crippen LogP contribution >= 0.6 is 0 Å². The topological polar surface area (TPSA) is 42.2 Å². The van der Waals surface area contributed by atoms with E-state index in [0.29, 0.717) is 0 Å². The average Bonchev–Trinajstić information content (AvgIpc) is 2.24. The maximum Gasteiger partial charge on any atom is 0.250 e. The van der Waals surface area contributed by atoms with E-state index in [4.69, 9.17) is 5.11 Å². The molecule has 2 aromatic rings. The van der Waals surface area contributed by atoms with Crippen LogP contribution in [0.3, 0.4) is 0 Å². The molecule has 0 aliphatic rings. The number of benzene rings is 1. The lowest BCUT2D eigenvalue weighted by Crippen LogP contribution is -2.16. The van der Waals surface area contributed by atoms with Crippen LogP contribution in [-0.4, -0.2) is 9.67 Å².